The number of nitrogens with zero attached hydrogens (tertiary/aromatic N) is 2. The van der Waals surface area contributed by atoms with Gasteiger partial charge in [-0.2, -0.15) is 0 Å². The van der Waals surface area contributed by atoms with Gasteiger partial charge in [0.05, 0.1) is 18.4 Å². The fourth-order valence-corrected chi connectivity index (χ4v) is 3.18. The molecule has 2 aliphatic rings. The molecule has 1 saturated heterocycles. The van der Waals surface area contributed by atoms with E-state index in [1.807, 2.05) is 0 Å². The Bertz CT molecular complexity index is 1020. The molecule has 9 nitrogen and oxygen atoms in total. The summed E-state index contributed by atoms with van der Waals surface area (Å²) >= 11 is 0. The van der Waals surface area contributed by atoms with Gasteiger partial charge in [0.25, 0.3) is 11.9 Å². The van der Waals surface area contributed by atoms with Gasteiger partial charge in [-0.05, 0) is 36.8 Å². The summed E-state index contributed by atoms with van der Waals surface area (Å²) in [5, 5.41) is 5.59. The first-order chi connectivity index (χ1) is 14.0. The topological polar surface area (TPSA) is 109 Å². The summed E-state index contributed by atoms with van der Waals surface area (Å²) in [4.78, 5) is 42.4. The van der Waals surface area contributed by atoms with E-state index in [9.17, 15) is 14.4 Å². The van der Waals surface area contributed by atoms with Crippen molar-refractivity contribution < 1.29 is 23.9 Å². The zero-order valence-electron chi connectivity index (χ0n) is 15.7. The van der Waals surface area contributed by atoms with E-state index in [0.717, 1.165) is 10.5 Å². The van der Waals surface area contributed by atoms with Gasteiger partial charge >= 0.3 is 12.0 Å². The number of aryl methyl sites for hydroxylation is 1. The number of carbonyl (C=O) groups is 3. The highest BCUT2D eigenvalue weighted by Crippen LogP contribution is 2.24. The van der Waals surface area contributed by atoms with Gasteiger partial charge in [0, 0.05) is 0 Å². The predicted molar refractivity (Wildman–Crippen MR) is 104 cm³/mol. The molecule has 0 aliphatic carbocycles. The second-order valence-corrected chi connectivity index (χ2v) is 6.53. The first kappa shape index (κ1) is 18.5. The molecule has 148 valence electrons. The number of benzene rings is 2. The number of ether oxygens (including phenoxy) is 2. The minimum Gasteiger partial charge on any atom is -0.465 e. The first-order valence-corrected chi connectivity index (χ1v) is 8.88. The van der Waals surface area contributed by atoms with Crippen LogP contribution in [0.2, 0.25) is 0 Å². The van der Waals surface area contributed by atoms with Crippen LogP contribution in [0.1, 0.15) is 15.9 Å². The number of amidine groups is 1. The molecule has 29 heavy (non-hydrogen) atoms. The molecule has 3 amide bonds. The number of nitrogens with one attached hydrogen (secondary N) is 2. The fourth-order valence-electron chi connectivity index (χ4n) is 3.18. The highest BCUT2D eigenvalue weighted by molar-refractivity contribution is 6.19. The fraction of sp³-hybridized carbons (Fsp3) is 0.200. The Morgan fingerprint density at radius 2 is 1.86 bits per heavy atom. The Kier molecular flexibility index (Phi) is 4.63. The van der Waals surface area contributed by atoms with Crippen molar-refractivity contribution in [2.75, 3.05) is 12.0 Å². The van der Waals surface area contributed by atoms with Crippen LogP contribution >= 0.6 is 0 Å². The molecule has 0 bridgehead atoms. The minimum absolute atomic E-state index is 0.0724. The van der Waals surface area contributed by atoms with Crippen molar-refractivity contribution in [1.82, 2.24) is 10.6 Å². The lowest BCUT2D eigenvalue weighted by Gasteiger charge is -2.32. The number of hydrogen-bond donors (Lipinski definition) is 2. The molecule has 2 aliphatic heterocycles. The van der Waals surface area contributed by atoms with Crippen LogP contribution in [0.3, 0.4) is 0 Å². The zero-order valence-corrected chi connectivity index (χ0v) is 15.7. The Labute approximate surface area is 166 Å². The third kappa shape index (κ3) is 3.38. The Morgan fingerprint density at radius 3 is 2.59 bits per heavy atom. The summed E-state index contributed by atoms with van der Waals surface area (Å²) in [6, 6.07) is 12.2. The first-order valence-electron chi connectivity index (χ1n) is 8.88. The zero-order chi connectivity index (χ0) is 20.5. The molecule has 1 fully saturated rings. The van der Waals surface area contributed by atoms with E-state index in [1.165, 1.54) is 13.2 Å². The van der Waals surface area contributed by atoms with E-state index < -0.39 is 30.1 Å². The maximum Gasteiger partial charge on any atom is 0.338 e. The maximum atomic E-state index is 12.8. The molecule has 2 heterocycles. The summed E-state index contributed by atoms with van der Waals surface area (Å²) in [5.74, 6) is -0.598. The average molecular weight is 394 g/mol. The Hall–Kier alpha value is -3.88. The molecule has 2 N–H and O–H groups in total. The van der Waals surface area contributed by atoms with E-state index >= 15 is 0 Å². The number of aliphatic imine (C=N–C) groups is 1. The lowest BCUT2D eigenvalue weighted by Crippen LogP contribution is -2.64. The van der Waals surface area contributed by atoms with E-state index in [1.54, 1.807) is 49.4 Å². The van der Waals surface area contributed by atoms with Crippen LogP contribution in [0.5, 0.6) is 5.75 Å². The number of carbonyl (C=O) groups excluding carboxylic acids is 3. The van der Waals surface area contributed by atoms with Crippen molar-refractivity contribution >= 4 is 29.6 Å². The number of anilines is 1. The van der Waals surface area contributed by atoms with Crippen LogP contribution in [0.15, 0.2) is 53.5 Å². The number of rotatable bonds is 3. The van der Waals surface area contributed by atoms with Gasteiger partial charge in [-0.3, -0.25) is 4.79 Å². The molecule has 2 unspecified atom stereocenters. The highest BCUT2D eigenvalue weighted by Gasteiger charge is 2.46. The minimum atomic E-state index is -0.867. The highest BCUT2D eigenvalue weighted by atomic mass is 16.5. The van der Waals surface area contributed by atoms with Gasteiger partial charge in [0.15, 0.2) is 6.04 Å². The van der Waals surface area contributed by atoms with E-state index in [4.69, 9.17) is 9.47 Å². The van der Waals surface area contributed by atoms with Crippen LogP contribution in [0.4, 0.5) is 10.5 Å². The van der Waals surface area contributed by atoms with Crippen LogP contribution < -0.4 is 20.3 Å². The van der Waals surface area contributed by atoms with E-state index in [-0.39, 0.29) is 6.02 Å². The lowest BCUT2D eigenvalue weighted by atomic mass is 10.1. The summed E-state index contributed by atoms with van der Waals surface area (Å²) in [7, 11) is 1.30. The van der Waals surface area contributed by atoms with Crippen molar-refractivity contribution in [3.05, 3.63) is 59.7 Å². The normalized spacial score (nSPS) is 20.3. The number of esters is 1. The molecule has 9 heteroatoms. The van der Waals surface area contributed by atoms with Gasteiger partial charge in [-0.1, -0.05) is 24.3 Å². The molecule has 4 rings (SSSR count). The predicted octanol–water partition coefficient (Wildman–Crippen LogP) is 1.57. The molecule has 0 aromatic heterocycles. The standard InChI is InChI=1S/C20H18N4O5/c1-11-8-9-13(10-14(11)18(26)28-2)29-19-21-15-16(22-19)23-20(27)24(17(15)25)12-6-4-3-5-7-12/h3-10,15-16H,1-2H3,(H,21,22)(H,23,27). The van der Waals surface area contributed by atoms with Crippen molar-refractivity contribution in [2.24, 2.45) is 4.99 Å². The smallest absolute Gasteiger partial charge is 0.338 e. The van der Waals surface area contributed by atoms with Gasteiger partial charge in [0.1, 0.15) is 11.9 Å². The molecule has 0 saturated carbocycles. The summed E-state index contributed by atoms with van der Waals surface area (Å²) < 4.78 is 10.5. The second kappa shape index (κ2) is 7.27. The quantitative estimate of drug-likeness (QED) is 0.765. The number of imide groups is 1. The summed E-state index contributed by atoms with van der Waals surface area (Å²) in [6.45, 7) is 1.78. The van der Waals surface area contributed by atoms with E-state index in [2.05, 4.69) is 15.6 Å². The number of amides is 3. The molecule has 0 spiro atoms. The third-order valence-corrected chi connectivity index (χ3v) is 4.65. The van der Waals surface area contributed by atoms with Crippen molar-refractivity contribution in [2.45, 2.75) is 19.1 Å². The van der Waals surface area contributed by atoms with Crippen molar-refractivity contribution in [3.63, 3.8) is 0 Å². The van der Waals surface area contributed by atoms with E-state index in [0.29, 0.717) is 17.0 Å². The molecule has 2 aromatic carbocycles. The molecule has 2 atom stereocenters. The molecule has 2 aromatic rings. The van der Waals surface area contributed by atoms with Crippen molar-refractivity contribution in [3.8, 4) is 5.75 Å². The van der Waals surface area contributed by atoms with Crippen LogP contribution in [0.25, 0.3) is 0 Å². The number of methoxy groups -OCH3 is 1. The Balaban J connectivity index is 1.56. The Morgan fingerprint density at radius 1 is 1.10 bits per heavy atom. The summed E-state index contributed by atoms with van der Waals surface area (Å²) in [6.07, 6.45) is -0.713. The summed E-state index contributed by atoms with van der Waals surface area (Å²) in [5.41, 5.74) is 1.56. The lowest BCUT2D eigenvalue weighted by molar-refractivity contribution is -0.120. The number of urea groups is 1. The van der Waals surface area contributed by atoms with Crippen LogP contribution in [0, 0.1) is 6.92 Å². The largest absolute Gasteiger partial charge is 0.465 e. The average Bonchev–Trinajstić information content (AvgIpc) is 3.12. The number of fused-ring (bicyclic) bond motifs is 1. The van der Waals surface area contributed by atoms with Crippen LogP contribution in [-0.4, -0.2) is 43.2 Å². The molecular weight excluding hydrogens is 376 g/mol. The van der Waals surface area contributed by atoms with Crippen molar-refractivity contribution in [1.29, 1.82) is 0 Å². The number of hydrogen-bond acceptors (Lipinski definition) is 7. The van der Waals surface area contributed by atoms with Gasteiger partial charge in [-0.25, -0.2) is 19.5 Å². The monoisotopic (exact) mass is 394 g/mol. The molecule has 0 radical (unpaired) electrons. The SMILES string of the molecule is COC(=O)c1cc(OC2=NC3C(=O)N(c4ccccc4)C(=O)NC3N2)ccc1C. The van der Waals surface area contributed by atoms with Gasteiger partial charge in [0.2, 0.25) is 0 Å². The van der Waals surface area contributed by atoms with Crippen LogP contribution in [-0.2, 0) is 9.53 Å². The second-order valence-electron chi connectivity index (χ2n) is 6.53. The molecular formula is C20H18N4O5. The maximum absolute atomic E-state index is 12.8. The third-order valence-electron chi connectivity index (χ3n) is 4.65. The van der Waals surface area contributed by atoms with Gasteiger partial charge in [-0.15, -0.1) is 0 Å². The number of para-hydroxylation sites is 1. The van der Waals surface area contributed by atoms with Gasteiger partial charge < -0.3 is 20.1 Å².